The van der Waals surface area contributed by atoms with E-state index in [9.17, 15) is 0 Å². The molecule has 0 aromatic carbocycles. The Kier molecular flexibility index (Phi) is 12.4. The van der Waals surface area contributed by atoms with Gasteiger partial charge in [0.15, 0.2) is 0 Å². The van der Waals surface area contributed by atoms with Crippen molar-refractivity contribution in [1.29, 1.82) is 0 Å². The average molecular weight is 339 g/mol. The normalized spacial score (nSPS) is 18.7. The first-order valence-electron chi connectivity index (χ1n) is 8.31. The number of hydrogen-bond acceptors (Lipinski definition) is 6. The van der Waals surface area contributed by atoms with Gasteiger partial charge in [-0.05, 0) is 41.5 Å². The molecule has 134 valence electrons. The fraction of sp³-hybridized carbons (Fsp3) is 1.00. The standard InChI is InChI=1S/C15H34O6Si/c1-8-12-22(19-13(5)16-9-2,20-14(6)17-10-3)21-15(7)18-11-4/h13-15H,8-12H2,1-7H3. The van der Waals surface area contributed by atoms with Crippen LogP contribution in [-0.2, 0) is 27.5 Å². The van der Waals surface area contributed by atoms with Crippen LogP contribution >= 0.6 is 0 Å². The van der Waals surface area contributed by atoms with Gasteiger partial charge in [-0.25, -0.2) is 0 Å². The van der Waals surface area contributed by atoms with E-state index in [4.69, 9.17) is 27.5 Å². The maximum Gasteiger partial charge on any atom is 0.506 e. The summed E-state index contributed by atoms with van der Waals surface area (Å²) < 4.78 is 34.7. The Hall–Kier alpha value is -0.0231. The molecule has 0 heterocycles. The van der Waals surface area contributed by atoms with Gasteiger partial charge < -0.3 is 27.5 Å². The van der Waals surface area contributed by atoms with Gasteiger partial charge in [0.2, 0.25) is 0 Å². The molecule has 0 spiro atoms. The van der Waals surface area contributed by atoms with Crippen LogP contribution in [0, 0.1) is 0 Å². The van der Waals surface area contributed by atoms with E-state index >= 15 is 0 Å². The minimum absolute atomic E-state index is 0.397. The molecule has 0 saturated heterocycles. The molecule has 3 atom stereocenters. The van der Waals surface area contributed by atoms with Gasteiger partial charge in [0.25, 0.3) is 0 Å². The Morgan fingerprint density at radius 2 is 0.955 bits per heavy atom. The molecular formula is C15H34O6Si. The minimum Gasteiger partial charge on any atom is -0.354 e. The summed E-state index contributed by atoms with van der Waals surface area (Å²) >= 11 is 0. The highest BCUT2D eigenvalue weighted by Crippen LogP contribution is 2.24. The fourth-order valence-corrected chi connectivity index (χ4v) is 4.98. The highest BCUT2D eigenvalue weighted by molar-refractivity contribution is 6.60. The zero-order chi connectivity index (χ0) is 17.0. The van der Waals surface area contributed by atoms with Crippen molar-refractivity contribution >= 4 is 8.80 Å². The molecule has 0 N–H and O–H groups in total. The van der Waals surface area contributed by atoms with E-state index in [-0.39, 0.29) is 0 Å². The van der Waals surface area contributed by atoms with Crippen molar-refractivity contribution in [1.82, 2.24) is 0 Å². The van der Waals surface area contributed by atoms with Gasteiger partial charge in [0.1, 0.15) is 18.9 Å². The third-order valence-electron chi connectivity index (χ3n) is 2.80. The van der Waals surface area contributed by atoms with E-state index in [0.717, 1.165) is 6.42 Å². The van der Waals surface area contributed by atoms with Gasteiger partial charge in [-0.3, -0.25) is 0 Å². The van der Waals surface area contributed by atoms with E-state index in [2.05, 4.69) is 6.92 Å². The van der Waals surface area contributed by atoms with Gasteiger partial charge >= 0.3 is 8.80 Å². The van der Waals surface area contributed by atoms with Crippen LogP contribution in [0.2, 0.25) is 6.04 Å². The molecule has 0 aromatic rings. The molecule has 0 amide bonds. The van der Waals surface area contributed by atoms with Crippen molar-refractivity contribution < 1.29 is 27.5 Å². The van der Waals surface area contributed by atoms with Crippen LogP contribution < -0.4 is 0 Å². The van der Waals surface area contributed by atoms with Gasteiger partial charge in [0, 0.05) is 25.9 Å². The van der Waals surface area contributed by atoms with Crippen LogP contribution in [0.4, 0.5) is 0 Å². The molecule has 0 aliphatic carbocycles. The highest BCUT2D eigenvalue weighted by Gasteiger charge is 2.45. The molecule has 0 aliphatic rings. The van der Waals surface area contributed by atoms with Crippen LogP contribution in [-0.4, -0.2) is 47.5 Å². The zero-order valence-electron chi connectivity index (χ0n) is 15.2. The van der Waals surface area contributed by atoms with E-state index in [1.54, 1.807) is 0 Å². The lowest BCUT2D eigenvalue weighted by Gasteiger charge is -2.35. The summed E-state index contributed by atoms with van der Waals surface area (Å²) in [7, 11) is -2.97. The molecule has 0 saturated carbocycles. The summed E-state index contributed by atoms with van der Waals surface area (Å²) in [5.41, 5.74) is 0. The van der Waals surface area contributed by atoms with Crippen LogP contribution in [0.1, 0.15) is 54.9 Å². The van der Waals surface area contributed by atoms with Crippen molar-refractivity contribution in [2.45, 2.75) is 79.8 Å². The largest absolute Gasteiger partial charge is 0.506 e. The van der Waals surface area contributed by atoms with E-state index in [0.29, 0.717) is 25.9 Å². The van der Waals surface area contributed by atoms with Crippen molar-refractivity contribution in [3.8, 4) is 0 Å². The van der Waals surface area contributed by atoms with Gasteiger partial charge in [0.05, 0.1) is 0 Å². The van der Waals surface area contributed by atoms with Crippen molar-refractivity contribution in [2.75, 3.05) is 19.8 Å². The predicted molar refractivity (Wildman–Crippen MR) is 87.4 cm³/mol. The van der Waals surface area contributed by atoms with Crippen LogP contribution in [0.3, 0.4) is 0 Å². The topological polar surface area (TPSA) is 55.4 Å². The summed E-state index contributed by atoms with van der Waals surface area (Å²) in [5.74, 6) is 0. The van der Waals surface area contributed by atoms with Gasteiger partial charge in [-0.15, -0.1) is 0 Å². The number of hydrogen-bond donors (Lipinski definition) is 0. The first kappa shape index (κ1) is 22.0. The smallest absolute Gasteiger partial charge is 0.354 e. The Morgan fingerprint density at radius 3 is 1.18 bits per heavy atom. The Morgan fingerprint density at radius 1 is 0.636 bits per heavy atom. The van der Waals surface area contributed by atoms with E-state index in [1.165, 1.54) is 0 Å². The SMILES string of the molecule is CCC[Si](OC(C)OCC)(OC(C)OCC)OC(C)OCC. The molecule has 0 rings (SSSR count). The van der Waals surface area contributed by atoms with E-state index in [1.807, 2.05) is 41.5 Å². The van der Waals surface area contributed by atoms with Crippen LogP contribution in [0.5, 0.6) is 0 Å². The minimum atomic E-state index is -2.97. The Labute approximate surface area is 136 Å². The summed E-state index contributed by atoms with van der Waals surface area (Å²) in [5, 5.41) is 0. The molecule has 0 aliphatic heterocycles. The zero-order valence-corrected chi connectivity index (χ0v) is 16.2. The average Bonchev–Trinajstić information content (AvgIpc) is 2.39. The van der Waals surface area contributed by atoms with Crippen LogP contribution in [0.25, 0.3) is 0 Å². The molecule has 0 fully saturated rings. The summed E-state index contributed by atoms with van der Waals surface area (Å²) in [6, 6.07) is 0.680. The summed E-state index contributed by atoms with van der Waals surface area (Å²) in [6.07, 6.45) is -0.314. The third kappa shape index (κ3) is 9.19. The molecule has 7 heteroatoms. The van der Waals surface area contributed by atoms with Gasteiger partial charge in [-0.2, -0.15) is 0 Å². The second-order valence-electron chi connectivity index (χ2n) is 4.86. The first-order valence-corrected chi connectivity index (χ1v) is 10.2. The number of ether oxygens (including phenoxy) is 3. The van der Waals surface area contributed by atoms with E-state index < -0.39 is 27.7 Å². The second-order valence-corrected chi connectivity index (χ2v) is 7.43. The molecule has 22 heavy (non-hydrogen) atoms. The van der Waals surface area contributed by atoms with Crippen molar-refractivity contribution in [3.63, 3.8) is 0 Å². The predicted octanol–water partition coefficient (Wildman–Crippen LogP) is 3.53. The third-order valence-corrected chi connectivity index (χ3v) is 5.98. The van der Waals surface area contributed by atoms with Crippen molar-refractivity contribution in [3.05, 3.63) is 0 Å². The Balaban J connectivity index is 5.05. The molecule has 0 radical (unpaired) electrons. The lowest BCUT2D eigenvalue weighted by molar-refractivity contribution is -0.176. The first-order chi connectivity index (χ1) is 10.4. The van der Waals surface area contributed by atoms with Crippen molar-refractivity contribution in [2.24, 2.45) is 0 Å². The maximum absolute atomic E-state index is 6.07. The molecular weight excluding hydrogens is 304 g/mol. The quantitative estimate of drug-likeness (QED) is 0.357. The molecule has 0 aromatic heterocycles. The lowest BCUT2D eigenvalue weighted by Crippen LogP contribution is -2.52. The molecule has 3 unspecified atom stereocenters. The highest BCUT2D eigenvalue weighted by atomic mass is 28.4. The maximum atomic E-state index is 6.07. The second kappa shape index (κ2) is 12.4. The Bertz CT molecular complexity index is 230. The lowest BCUT2D eigenvalue weighted by atomic mass is 10.6. The fourth-order valence-electron chi connectivity index (χ4n) is 2.13. The monoisotopic (exact) mass is 338 g/mol. The summed E-state index contributed by atoms with van der Waals surface area (Å²) in [6.45, 7) is 15.1. The van der Waals surface area contributed by atoms with Crippen LogP contribution in [0.15, 0.2) is 0 Å². The summed E-state index contributed by atoms with van der Waals surface area (Å²) in [4.78, 5) is 0. The molecule has 0 bridgehead atoms. The molecule has 6 nitrogen and oxygen atoms in total. The number of rotatable bonds is 14. The van der Waals surface area contributed by atoms with Gasteiger partial charge in [-0.1, -0.05) is 13.3 Å².